The van der Waals surface area contributed by atoms with Crippen LogP contribution in [0.15, 0.2) is 58.6 Å². The van der Waals surface area contributed by atoms with Crippen molar-refractivity contribution in [2.45, 2.75) is 18.1 Å². The van der Waals surface area contributed by atoms with E-state index in [0.29, 0.717) is 18.4 Å². The molecule has 1 aliphatic rings. The summed E-state index contributed by atoms with van der Waals surface area (Å²) in [4.78, 5) is 24.7. The molecule has 0 spiro atoms. The standard InChI is InChI=1S/C21H24N4O2S/c26-20-18-6-1-2-7-19(18)23-21(28-16-13-24-11-14-27-15-12-24)25(20)10-8-17-5-3-4-9-22-17/h1-7,9H,8,10-16H2. The lowest BCUT2D eigenvalue weighted by Crippen LogP contribution is -2.37. The largest absolute Gasteiger partial charge is 0.379 e. The smallest absolute Gasteiger partial charge is 0.262 e. The Kier molecular flexibility index (Phi) is 6.36. The minimum Gasteiger partial charge on any atom is -0.379 e. The predicted octanol–water partition coefficient (Wildman–Crippen LogP) is 2.46. The van der Waals surface area contributed by atoms with Crippen LogP contribution in [0.3, 0.4) is 0 Å². The molecule has 3 aromatic rings. The first-order valence-electron chi connectivity index (χ1n) is 9.63. The summed E-state index contributed by atoms with van der Waals surface area (Å²) in [5, 5.41) is 1.45. The molecule has 3 heterocycles. The van der Waals surface area contributed by atoms with Crippen LogP contribution in [0.1, 0.15) is 5.69 Å². The van der Waals surface area contributed by atoms with Crippen molar-refractivity contribution in [2.24, 2.45) is 0 Å². The van der Waals surface area contributed by atoms with E-state index < -0.39 is 0 Å². The number of aryl methyl sites for hydroxylation is 1. The molecule has 1 aromatic carbocycles. The number of hydrogen-bond acceptors (Lipinski definition) is 6. The van der Waals surface area contributed by atoms with E-state index in [1.54, 1.807) is 22.5 Å². The summed E-state index contributed by atoms with van der Waals surface area (Å²) in [5.41, 5.74) is 1.76. The van der Waals surface area contributed by atoms with Crippen LogP contribution >= 0.6 is 11.8 Å². The van der Waals surface area contributed by atoms with Gasteiger partial charge < -0.3 is 4.74 Å². The number of morpholine rings is 1. The number of hydrogen-bond donors (Lipinski definition) is 0. The van der Waals surface area contributed by atoms with Gasteiger partial charge in [-0.1, -0.05) is 30.0 Å². The normalized spacial score (nSPS) is 15.1. The molecule has 0 saturated carbocycles. The van der Waals surface area contributed by atoms with E-state index in [1.165, 1.54) is 0 Å². The first kappa shape index (κ1) is 19.1. The van der Waals surface area contributed by atoms with Gasteiger partial charge in [0.25, 0.3) is 5.56 Å². The fourth-order valence-corrected chi connectivity index (χ4v) is 4.34. The molecule has 0 N–H and O–H groups in total. The van der Waals surface area contributed by atoms with Crippen molar-refractivity contribution in [2.75, 3.05) is 38.6 Å². The Balaban J connectivity index is 1.54. The van der Waals surface area contributed by atoms with Crippen molar-refractivity contribution in [3.05, 3.63) is 64.7 Å². The molecule has 0 bridgehead atoms. The van der Waals surface area contributed by atoms with Gasteiger partial charge in [-0.15, -0.1) is 0 Å². The van der Waals surface area contributed by atoms with E-state index in [0.717, 1.165) is 55.0 Å². The van der Waals surface area contributed by atoms with Gasteiger partial charge in [0.1, 0.15) is 0 Å². The lowest BCUT2D eigenvalue weighted by atomic mass is 10.2. The second-order valence-corrected chi connectivity index (χ2v) is 7.80. The van der Waals surface area contributed by atoms with Crippen molar-refractivity contribution in [1.82, 2.24) is 19.4 Å². The highest BCUT2D eigenvalue weighted by atomic mass is 32.2. The fourth-order valence-electron chi connectivity index (χ4n) is 3.32. The van der Waals surface area contributed by atoms with Crippen molar-refractivity contribution in [3.63, 3.8) is 0 Å². The van der Waals surface area contributed by atoms with Gasteiger partial charge in [0.15, 0.2) is 5.16 Å². The molecule has 0 atom stereocenters. The highest BCUT2D eigenvalue weighted by Crippen LogP contribution is 2.18. The van der Waals surface area contributed by atoms with E-state index >= 15 is 0 Å². The summed E-state index contributed by atoms with van der Waals surface area (Å²) in [6.07, 6.45) is 2.49. The van der Waals surface area contributed by atoms with Crippen molar-refractivity contribution in [3.8, 4) is 0 Å². The van der Waals surface area contributed by atoms with Crippen LogP contribution in [-0.4, -0.2) is 58.0 Å². The van der Waals surface area contributed by atoms with Crippen LogP contribution in [0.4, 0.5) is 0 Å². The molecule has 6 nitrogen and oxygen atoms in total. The molecule has 0 radical (unpaired) electrons. The molecule has 7 heteroatoms. The Hall–Kier alpha value is -2.22. The van der Waals surface area contributed by atoms with Crippen LogP contribution in [0, 0.1) is 0 Å². The number of benzene rings is 1. The van der Waals surface area contributed by atoms with Gasteiger partial charge in [-0.2, -0.15) is 0 Å². The molecule has 1 saturated heterocycles. The molecule has 1 fully saturated rings. The Morgan fingerprint density at radius 3 is 2.68 bits per heavy atom. The number of ether oxygens (including phenoxy) is 1. The number of pyridine rings is 1. The third-order valence-electron chi connectivity index (χ3n) is 4.89. The van der Waals surface area contributed by atoms with Gasteiger partial charge >= 0.3 is 0 Å². The van der Waals surface area contributed by atoms with Gasteiger partial charge in [0, 0.05) is 50.2 Å². The number of aromatic nitrogens is 3. The Labute approximate surface area is 168 Å². The Morgan fingerprint density at radius 1 is 1.04 bits per heavy atom. The number of rotatable bonds is 7. The SMILES string of the molecule is O=c1c2ccccc2nc(SCCN2CCOCC2)n1CCc1ccccn1. The third-order valence-corrected chi connectivity index (χ3v) is 5.84. The zero-order valence-corrected chi connectivity index (χ0v) is 16.6. The molecule has 1 aliphatic heterocycles. The summed E-state index contributed by atoms with van der Waals surface area (Å²) in [6.45, 7) is 5.09. The maximum absolute atomic E-state index is 13.1. The van der Waals surface area contributed by atoms with Crippen LogP contribution in [0.2, 0.25) is 0 Å². The Morgan fingerprint density at radius 2 is 1.86 bits per heavy atom. The predicted molar refractivity (Wildman–Crippen MR) is 112 cm³/mol. The minimum absolute atomic E-state index is 0.0235. The maximum Gasteiger partial charge on any atom is 0.262 e. The second kappa shape index (κ2) is 9.32. The summed E-state index contributed by atoms with van der Waals surface area (Å²) < 4.78 is 7.22. The molecule has 4 rings (SSSR count). The van der Waals surface area contributed by atoms with Gasteiger partial charge in [-0.3, -0.25) is 19.2 Å². The highest BCUT2D eigenvalue weighted by molar-refractivity contribution is 7.99. The van der Waals surface area contributed by atoms with E-state index in [-0.39, 0.29) is 5.56 Å². The zero-order chi connectivity index (χ0) is 19.2. The average molecular weight is 397 g/mol. The third kappa shape index (κ3) is 4.60. The lowest BCUT2D eigenvalue weighted by Gasteiger charge is -2.26. The van der Waals surface area contributed by atoms with E-state index in [1.807, 2.05) is 42.5 Å². The second-order valence-electron chi connectivity index (χ2n) is 6.74. The average Bonchev–Trinajstić information content (AvgIpc) is 2.75. The molecule has 0 amide bonds. The van der Waals surface area contributed by atoms with Crippen LogP contribution in [-0.2, 0) is 17.7 Å². The minimum atomic E-state index is 0.0235. The number of thioether (sulfide) groups is 1. The molecular weight excluding hydrogens is 372 g/mol. The lowest BCUT2D eigenvalue weighted by molar-refractivity contribution is 0.0410. The van der Waals surface area contributed by atoms with Gasteiger partial charge in [-0.05, 0) is 24.3 Å². The zero-order valence-electron chi connectivity index (χ0n) is 15.8. The monoisotopic (exact) mass is 396 g/mol. The number of fused-ring (bicyclic) bond motifs is 1. The fraction of sp³-hybridized carbons (Fsp3) is 0.381. The molecule has 0 unspecified atom stereocenters. The number of nitrogens with zero attached hydrogens (tertiary/aromatic N) is 4. The molecule has 2 aromatic heterocycles. The van der Waals surface area contributed by atoms with Crippen LogP contribution in [0.25, 0.3) is 10.9 Å². The van der Waals surface area contributed by atoms with Gasteiger partial charge in [-0.25, -0.2) is 4.98 Å². The summed E-state index contributed by atoms with van der Waals surface area (Å²) in [5.74, 6) is 0.897. The topological polar surface area (TPSA) is 60.3 Å². The van der Waals surface area contributed by atoms with Gasteiger partial charge in [0.2, 0.25) is 0 Å². The molecule has 146 valence electrons. The van der Waals surface area contributed by atoms with Gasteiger partial charge in [0.05, 0.1) is 24.1 Å². The van der Waals surface area contributed by atoms with E-state index in [9.17, 15) is 4.79 Å². The number of para-hydroxylation sites is 1. The van der Waals surface area contributed by atoms with E-state index in [4.69, 9.17) is 9.72 Å². The molecular formula is C21H24N4O2S. The van der Waals surface area contributed by atoms with Crippen LogP contribution < -0.4 is 5.56 Å². The quantitative estimate of drug-likeness (QED) is 0.452. The highest BCUT2D eigenvalue weighted by Gasteiger charge is 2.14. The first-order chi connectivity index (χ1) is 13.8. The van der Waals surface area contributed by atoms with Crippen LogP contribution in [0.5, 0.6) is 0 Å². The van der Waals surface area contributed by atoms with Crippen molar-refractivity contribution < 1.29 is 4.74 Å². The maximum atomic E-state index is 13.1. The van der Waals surface area contributed by atoms with Crippen molar-refractivity contribution in [1.29, 1.82) is 0 Å². The first-order valence-corrected chi connectivity index (χ1v) is 10.6. The van der Waals surface area contributed by atoms with Crippen molar-refractivity contribution >= 4 is 22.7 Å². The van der Waals surface area contributed by atoms with E-state index in [2.05, 4.69) is 9.88 Å². The Bertz CT molecular complexity index is 971. The molecule has 0 aliphatic carbocycles. The summed E-state index contributed by atoms with van der Waals surface area (Å²) in [6, 6.07) is 13.4. The summed E-state index contributed by atoms with van der Waals surface area (Å²) in [7, 11) is 0. The summed E-state index contributed by atoms with van der Waals surface area (Å²) >= 11 is 1.65. The molecule has 28 heavy (non-hydrogen) atoms.